The van der Waals surface area contributed by atoms with Crippen LogP contribution in [0.2, 0.25) is 0 Å². The molecule has 1 heterocycles. The monoisotopic (exact) mass is 300 g/mol. The van der Waals surface area contributed by atoms with E-state index in [2.05, 4.69) is 28.6 Å². The van der Waals surface area contributed by atoms with Crippen LogP contribution in [0.1, 0.15) is 11.4 Å². The van der Waals surface area contributed by atoms with E-state index in [-0.39, 0.29) is 0 Å². The summed E-state index contributed by atoms with van der Waals surface area (Å²) in [6.07, 6.45) is 0. The van der Waals surface area contributed by atoms with E-state index in [4.69, 9.17) is 16.3 Å². The number of hydrogen-bond acceptors (Lipinski definition) is 2. The van der Waals surface area contributed by atoms with E-state index in [0.717, 1.165) is 29.2 Å². The molecular formula is C17H17ClN2O. The molecule has 3 nitrogen and oxygen atoms in total. The van der Waals surface area contributed by atoms with Gasteiger partial charge in [0.1, 0.15) is 18.2 Å². The number of hydrogen-bond donors (Lipinski definition) is 0. The number of fused-ring (bicyclic) bond motifs is 1. The lowest BCUT2D eigenvalue weighted by Gasteiger charge is -2.10. The van der Waals surface area contributed by atoms with Crippen LogP contribution in [0, 0.1) is 6.92 Å². The molecule has 1 aromatic heterocycles. The van der Waals surface area contributed by atoms with E-state index >= 15 is 0 Å². The largest absolute Gasteiger partial charge is 0.492 e. The fourth-order valence-electron chi connectivity index (χ4n) is 2.41. The highest BCUT2D eigenvalue weighted by Gasteiger charge is 2.10. The minimum atomic E-state index is 0.402. The second kappa shape index (κ2) is 6.19. The van der Waals surface area contributed by atoms with Crippen molar-refractivity contribution < 1.29 is 4.74 Å². The second-order valence-electron chi connectivity index (χ2n) is 4.97. The molecule has 0 bridgehead atoms. The Labute approximate surface area is 129 Å². The first-order valence-corrected chi connectivity index (χ1v) is 7.51. The maximum Gasteiger partial charge on any atom is 0.124 e. The summed E-state index contributed by atoms with van der Waals surface area (Å²) in [7, 11) is 0. The topological polar surface area (TPSA) is 27.1 Å². The minimum absolute atomic E-state index is 0.402. The number of imidazole rings is 1. The van der Waals surface area contributed by atoms with Crippen LogP contribution in [-0.2, 0) is 12.4 Å². The molecule has 2 aromatic carbocycles. The summed E-state index contributed by atoms with van der Waals surface area (Å²) in [6, 6.07) is 16.1. The van der Waals surface area contributed by atoms with Crippen LogP contribution >= 0.6 is 11.6 Å². The van der Waals surface area contributed by atoms with Crippen LogP contribution in [0.15, 0.2) is 48.5 Å². The third-order valence-electron chi connectivity index (χ3n) is 3.43. The lowest BCUT2D eigenvalue weighted by atomic mass is 10.2. The zero-order valence-electron chi connectivity index (χ0n) is 11.9. The molecule has 0 aliphatic heterocycles. The van der Waals surface area contributed by atoms with Crippen LogP contribution in [0.3, 0.4) is 0 Å². The third kappa shape index (κ3) is 3.03. The molecule has 108 valence electrons. The van der Waals surface area contributed by atoms with Gasteiger partial charge in [0.05, 0.1) is 23.5 Å². The quantitative estimate of drug-likeness (QED) is 0.662. The molecule has 0 aliphatic carbocycles. The van der Waals surface area contributed by atoms with Crippen LogP contribution in [0.25, 0.3) is 11.0 Å². The molecule has 0 fully saturated rings. The van der Waals surface area contributed by atoms with E-state index in [1.165, 1.54) is 5.56 Å². The normalized spacial score (nSPS) is 11.0. The summed E-state index contributed by atoms with van der Waals surface area (Å²) < 4.78 is 7.90. The predicted molar refractivity (Wildman–Crippen MR) is 86.0 cm³/mol. The Morgan fingerprint density at radius 1 is 1.14 bits per heavy atom. The summed E-state index contributed by atoms with van der Waals surface area (Å²) in [6.45, 7) is 3.40. The number of aryl methyl sites for hydroxylation is 1. The highest BCUT2D eigenvalue weighted by molar-refractivity contribution is 6.16. The summed E-state index contributed by atoms with van der Waals surface area (Å²) in [4.78, 5) is 4.57. The molecule has 0 N–H and O–H groups in total. The molecule has 0 unspecified atom stereocenters. The number of alkyl halides is 1. The zero-order chi connectivity index (χ0) is 14.7. The first-order chi connectivity index (χ1) is 10.3. The Morgan fingerprint density at radius 2 is 1.95 bits per heavy atom. The Kier molecular flexibility index (Phi) is 4.11. The van der Waals surface area contributed by atoms with Crippen molar-refractivity contribution in [1.82, 2.24) is 9.55 Å². The molecule has 4 heteroatoms. The Morgan fingerprint density at radius 3 is 2.71 bits per heavy atom. The lowest BCUT2D eigenvalue weighted by molar-refractivity contribution is 0.299. The van der Waals surface area contributed by atoms with Crippen molar-refractivity contribution in [3.8, 4) is 5.75 Å². The van der Waals surface area contributed by atoms with Crippen LogP contribution in [-0.4, -0.2) is 16.2 Å². The second-order valence-corrected chi connectivity index (χ2v) is 5.23. The summed E-state index contributed by atoms with van der Waals surface area (Å²) in [5, 5.41) is 0. The zero-order valence-corrected chi connectivity index (χ0v) is 12.7. The number of halogens is 1. The van der Waals surface area contributed by atoms with Crippen molar-refractivity contribution >= 4 is 22.6 Å². The van der Waals surface area contributed by atoms with Crippen molar-refractivity contribution in [3.05, 3.63) is 59.9 Å². The van der Waals surface area contributed by atoms with Crippen molar-refractivity contribution in [2.75, 3.05) is 6.61 Å². The fourth-order valence-corrected chi connectivity index (χ4v) is 2.61. The van der Waals surface area contributed by atoms with Crippen LogP contribution in [0.4, 0.5) is 0 Å². The van der Waals surface area contributed by atoms with E-state index in [9.17, 15) is 0 Å². The number of rotatable bonds is 5. The molecule has 0 saturated carbocycles. The molecule has 0 radical (unpaired) electrons. The maximum atomic E-state index is 6.02. The predicted octanol–water partition coefficient (Wildman–Crippen LogP) is 4.16. The summed E-state index contributed by atoms with van der Waals surface area (Å²) in [5.74, 6) is 2.17. The molecule has 3 aromatic rings. The first-order valence-electron chi connectivity index (χ1n) is 6.97. The molecule has 0 spiro atoms. The number of nitrogens with zero attached hydrogens (tertiary/aromatic N) is 2. The average Bonchev–Trinajstić information content (AvgIpc) is 2.86. The van der Waals surface area contributed by atoms with Gasteiger partial charge in [0.25, 0.3) is 0 Å². The van der Waals surface area contributed by atoms with Gasteiger partial charge in [-0.1, -0.05) is 24.3 Å². The van der Waals surface area contributed by atoms with Crippen molar-refractivity contribution in [1.29, 1.82) is 0 Å². The molecule has 0 atom stereocenters. The lowest BCUT2D eigenvalue weighted by Crippen LogP contribution is -2.10. The number of benzene rings is 2. The molecule has 0 amide bonds. The van der Waals surface area contributed by atoms with E-state index in [0.29, 0.717) is 12.5 Å². The Hall–Kier alpha value is -2.00. The average molecular weight is 301 g/mol. The minimum Gasteiger partial charge on any atom is -0.492 e. The van der Waals surface area contributed by atoms with Crippen molar-refractivity contribution in [2.45, 2.75) is 19.3 Å². The van der Waals surface area contributed by atoms with E-state index < -0.39 is 0 Å². The Bertz CT molecular complexity index is 737. The number of aromatic nitrogens is 2. The fraction of sp³-hybridized carbons (Fsp3) is 0.235. The highest BCUT2D eigenvalue weighted by atomic mass is 35.5. The van der Waals surface area contributed by atoms with Gasteiger partial charge in [-0.2, -0.15) is 0 Å². The van der Waals surface area contributed by atoms with Gasteiger partial charge in [-0.25, -0.2) is 4.98 Å². The number of ether oxygens (including phenoxy) is 1. The number of para-hydroxylation sites is 1. The van der Waals surface area contributed by atoms with Gasteiger partial charge in [0, 0.05) is 0 Å². The van der Waals surface area contributed by atoms with Gasteiger partial charge in [0.2, 0.25) is 0 Å². The standard InChI is InChI=1S/C17H17ClN2O/c1-13-7-8-15-16(11-13)20(17(12-18)19-15)9-10-21-14-5-3-2-4-6-14/h2-8,11H,9-10,12H2,1H3. The van der Waals surface area contributed by atoms with Crippen LogP contribution in [0.5, 0.6) is 5.75 Å². The molecule has 21 heavy (non-hydrogen) atoms. The maximum absolute atomic E-state index is 6.02. The van der Waals surface area contributed by atoms with Gasteiger partial charge >= 0.3 is 0 Å². The summed E-state index contributed by atoms with van der Waals surface area (Å²) >= 11 is 6.02. The third-order valence-corrected chi connectivity index (χ3v) is 3.67. The van der Waals surface area contributed by atoms with Gasteiger partial charge in [-0.15, -0.1) is 11.6 Å². The summed E-state index contributed by atoms with van der Waals surface area (Å²) in [5.41, 5.74) is 3.31. The van der Waals surface area contributed by atoms with E-state index in [1.54, 1.807) is 0 Å². The van der Waals surface area contributed by atoms with Gasteiger partial charge in [-0.05, 0) is 36.8 Å². The first kappa shape index (κ1) is 14.0. The van der Waals surface area contributed by atoms with Crippen molar-refractivity contribution in [3.63, 3.8) is 0 Å². The van der Waals surface area contributed by atoms with E-state index in [1.807, 2.05) is 36.4 Å². The molecule has 3 rings (SSSR count). The molecule has 0 aliphatic rings. The molecular weight excluding hydrogens is 284 g/mol. The van der Waals surface area contributed by atoms with Crippen molar-refractivity contribution in [2.24, 2.45) is 0 Å². The van der Waals surface area contributed by atoms with Crippen LogP contribution < -0.4 is 4.74 Å². The van der Waals surface area contributed by atoms with Gasteiger partial charge in [-0.3, -0.25) is 0 Å². The SMILES string of the molecule is Cc1ccc2nc(CCl)n(CCOc3ccccc3)c2c1. The van der Waals surface area contributed by atoms with Gasteiger partial charge < -0.3 is 9.30 Å². The smallest absolute Gasteiger partial charge is 0.124 e. The Balaban J connectivity index is 1.80. The van der Waals surface area contributed by atoms with Gasteiger partial charge in [0.15, 0.2) is 0 Å². The highest BCUT2D eigenvalue weighted by Crippen LogP contribution is 2.19. The molecule has 0 saturated heterocycles.